The predicted octanol–water partition coefficient (Wildman–Crippen LogP) is 1.03. The minimum atomic E-state index is -0.189. The van der Waals surface area contributed by atoms with Crippen molar-refractivity contribution in [2.75, 3.05) is 13.7 Å². The molecule has 0 radical (unpaired) electrons. The zero-order valence-corrected chi connectivity index (χ0v) is 8.37. The van der Waals surface area contributed by atoms with Gasteiger partial charge in [0, 0.05) is 18.0 Å². The second-order valence-corrected chi connectivity index (χ2v) is 4.08. The Kier molecular flexibility index (Phi) is 2.76. The number of hydrogen-bond acceptors (Lipinski definition) is 3. The summed E-state index contributed by atoms with van der Waals surface area (Å²) in [5.74, 6) is 0.256. The lowest BCUT2D eigenvalue weighted by atomic mass is 9.80. The van der Waals surface area contributed by atoms with E-state index in [0.29, 0.717) is 0 Å². The first-order valence-electron chi connectivity index (χ1n) is 4.50. The average Bonchev–Trinajstić information content (AvgIpc) is 2.01. The first-order valence-corrected chi connectivity index (χ1v) is 4.50. The van der Waals surface area contributed by atoms with Crippen molar-refractivity contribution in [1.82, 2.24) is 5.06 Å². The van der Waals surface area contributed by atoms with Crippen molar-refractivity contribution in [3.05, 3.63) is 0 Å². The van der Waals surface area contributed by atoms with E-state index in [0.717, 1.165) is 13.0 Å². The molecule has 0 aromatic heterocycles. The Morgan fingerprint density at radius 1 is 1.50 bits per heavy atom. The van der Waals surface area contributed by atoms with Crippen LogP contribution in [-0.4, -0.2) is 35.5 Å². The largest absolute Gasteiger partial charge is 0.393 e. The molecule has 2 atom stereocenters. The molecule has 1 aliphatic rings. The van der Waals surface area contributed by atoms with Gasteiger partial charge in [0.05, 0.1) is 13.2 Å². The minimum absolute atomic E-state index is 0.0631. The first kappa shape index (κ1) is 9.96. The molecule has 1 heterocycles. The maximum absolute atomic E-state index is 9.64. The van der Waals surface area contributed by atoms with Crippen molar-refractivity contribution < 1.29 is 9.94 Å². The average molecular weight is 173 g/mol. The van der Waals surface area contributed by atoms with Gasteiger partial charge in [0.15, 0.2) is 0 Å². The molecule has 1 fully saturated rings. The number of hydrogen-bond donors (Lipinski definition) is 1. The van der Waals surface area contributed by atoms with Crippen molar-refractivity contribution in [3.63, 3.8) is 0 Å². The van der Waals surface area contributed by atoms with Crippen LogP contribution >= 0.6 is 0 Å². The zero-order valence-electron chi connectivity index (χ0n) is 8.37. The third kappa shape index (κ3) is 1.49. The van der Waals surface area contributed by atoms with Crippen LogP contribution in [0.5, 0.6) is 0 Å². The van der Waals surface area contributed by atoms with Crippen LogP contribution in [0.4, 0.5) is 0 Å². The Hall–Kier alpha value is -0.120. The Morgan fingerprint density at radius 2 is 2.08 bits per heavy atom. The molecule has 72 valence electrons. The summed E-state index contributed by atoms with van der Waals surface area (Å²) < 4.78 is 0. The molecule has 0 bridgehead atoms. The Balaban J connectivity index is 2.73. The summed E-state index contributed by atoms with van der Waals surface area (Å²) >= 11 is 0. The quantitative estimate of drug-likeness (QED) is 0.643. The van der Waals surface area contributed by atoms with E-state index in [1.54, 1.807) is 7.11 Å². The number of hydroxylamine groups is 2. The molecule has 0 spiro atoms. The Labute approximate surface area is 74.3 Å². The SMILES string of the molecule is CON1CCC(O)C(C)C1(C)C. The van der Waals surface area contributed by atoms with Gasteiger partial charge < -0.3 is 9.94 Å². The molecule has 0 saturated carbocycles. The summed E-state index contributed by atoms with van der Waals surface area (Å²) in [6.07, 6.45) is 0.615. The number of aliphatic hydroxyl groups is 1. The molecule has 1 aliphatic heterocycles. The highest BCUT2D eigenvalue weighted by Gasteiger charge is 2.41. The molecule has 0 aromatic carbocycles. The molecular weight excluding hydrogens is 154 g/mol. The minimum Gasteiger partial charge on any atom is -0.393 e. The van der Waals surface area contributed by atoms with Crippen LogP contribution in [0, 0.1) is 5.92 Å². The molecule has 1 rings (SSSR count). The van der Waals surface area contributed by atoms with E-state index in [1.165, 1.54) is 0 Å². The molecule has 0 aliphatic carbocycles. The molecule has 3 nitrogen and oxygen atoms in total. The van der Waals surface area contributed by atoms with Gasteiger partial charge in [0.25, 0.3) is 0 Å². The summed E-state index contributed by atoms with van der Waals surface area (Å²) in [5.41, 5.74) is -0.0631. The van der Waals surface area contributed by atoms with Gasteiger partial charge in [-0.25, -0.2) is 0 Å². The predicted molar refractivity (Wildman–Crippen MR) is 47.6 cm³/mol. The van der Waals surface area contributed by atoms with Gasteiger partial charge in [0.2, 0.25) is 0 Å². The number of rotatable bonds is 1. The summed E-state index contributed by atoms with van der Waals surface area (Å²) in [4.78, 5) is 5.25. The van der Waals surface area contributed by atoms with Gasteiger partial charge >= 0.3 is 0 Å². The van der Waals surface area contributed by atoms with Gasteiger partial charge in [-0.15, -0.1) is 0 Å². The lowest BCUT2D eigenvalue weighted by Crippen LogP contribution is -2.56. The van der Waals surface area contributed by atoms with E-state index in [9.17, 15) is 5.11 Å². The summed E-state index contributed by atoms with van der Waals surface area (Å²) in [5, 5.41) is 11.6. The highest BCUT2D eigenvalue weighted by molar-refractivity contribution is 4.91. The van der Waals surface area contributed by atoms with Gasteiger partial charge in [-0.1, -0.05) is 6.92 Å². The molecule has 2 unspecified atom stereocenters. The number of piperidine rings is 1. The van der Waals surface area contributed by atoms with Gasteiger partial charge in [-0.05, 0) is 20.3 Å². The first-order chi connectivity index (χ1) is 5.50. The molecule has 0 aromatic rings. The number of nitrogens with zero attached hydrogens (tertiary/aromatic N) is 1. The fourth-order valence-corrected chi connectivity index (χ4v) is 1.81. The lowest BCUT2D eigenvalue weighted by Gasteiger charge is -2.47. The summed E-state index contributed by atoms with van der Waals surface area (Å²) in [6.45, 7) is 7.08. The van der Waals surface area contributed by atoms with Crippen LogP contribution < -0.4 is 0 Å². The van der Waals surface area contributed by atoms with Crippen molar-refractivity contribution in [3.8, 4) is 0 Å². The second-order valence-electron chi connectivity index (χ2n) is 4.08. The van der Waals surface area contributed by atoms with Crippen LogP contribution in [0.15, 0.2) is 0 Å². The van der Waals surface area contributed by atoms with Crippen LogP contribution in [-0.2, 0) is 4.84 Å². The summed E-state index contributed by atoms with van der Waals surface area (Å²) in [7, 11) is 1.69. The molecule has 3 heteroatoms. The highest BCUT2D eigenvalue weighted by Crippen LogP contribution is 2.32. The fourth-order valence-electron chi connectivity index (χ4n) is 1.81. The number of aliphatic hydroxyl groups excluding tert-OH is 1. The van der Waals surface area contributed by atoms with E-state index in [-0.39, 0.29) is 17.6 Å². The highest BCUT2D eigenvalue weighted by atomic mass is 16.7. The van der Waals surface area contributed by atoms with Crippen LogP contribution in [0.2, 0.25) is 0 Å². The fraction of sp³-hybridized carbons (Fsp3) is 1.00. The topological polar surface area (TPSA) is 32.7 Å². The monoisotopic (exact) mass is 173 g/mol. The van der Waals surface area contributed by atoms with Gasteiger partial charge in [-0.3, -0.25) is 0 Å². The van der Waals surface area contributed by atoms with Crippen molar-refractivity contribution in [1.29, 1.82) is 0 Å². The second kappa shape index (κ2) is 3.32. The summed E-state index contributed by atoms with van der Waals surface area (Å²) in [6, 6.07) is 0. The smallest absolute Gasteiger partial charge is 0.0597 e. The van der Waals surface area contributed by atoms with Crippen LogP contribution in [0.1, 0.15) is 27.2 Å². The van der Waals surface area contributed by atoms with Crippen LogP contribution in [0.25, 0.3) is 0 Å². The van der Waals surface area contributed by atoms with Crippen LogP contribution in [0.3, 0.4) is 0 Å². The van der Waals surface area contributed by atoms with E-state index in [1.807, 2.05) is 5.06 Å². The van der Waals surface area contributed by atoms with Gasteiger partial charge in [0.1, 0.15) is 0 Å². The van der Waals surface area contributed by atoms with Crippen molar-refractivity contribution in [2.45, 2.75) is 38.8 Å². The molecule has 0 amide bonds. The third-order valence-corrected chi connectivity index (χ3v) is 3.18. The molecule has 12 heavy (non-hydrogen) atoms. The zero-order chi connectivity index (χ0) is 9.35. The lowest BCUT2D eigenvalue weighted by molar-refractivity contribution is -0.238. The van der Waals surface area contributed by atoms with Crippen molar-refractivity contribution >= 4 is 0 Å². The Bertz CT molecular complexity index is 155. The van der Waals surface area contributed by atoms with E-state index >= 15 is 0 Å². The Morgan fingerprint density at radius 3 is 2.58 bits per heavy atom. The van der Waals surface area contributed by atoms with Gasteiger partial charge in [-0.2, -0.15) is 5.06 Å². The molecule has 1 N–H and O–H groups in total. The van der Waals surface area contributed by atoms with E-state index < -0.39 is 0 Å². The van der Waals surface area contributed by atoms with E-state index in [4.69, 9.17) is 4.84 Å². The third-order valence-electron chi connectivity index (χ3n) is 3.18. The maximum Gasteiger partial charge on any atom is 0.0597 e. The van der Waals surface area contributed by atoms with Crippen molar-refractivity contribution in [2.24, 2.45) is 5.92 Å². The maximum atomic E-state index is 9.64. The molecular formula is C9H19NO2. The standard InChI is InChI=1S/C9H19NO2/c1-7-8(11)5-6-10(12-4)9(7,2)3/h7-8,11H,5-6H2,1-4H3. The van der Waals surface area contributed by atoms with E-state index in [2.05, 4.69) is 20.8 Å². The normalized spacial score (nSPS) is 36.8. The molecule has 1 saturated heterocycles.